The van der Waals surface area contributed by atoms with E-state index in [-0.39, 0.29) is 13.0 Å². The number of nitrogens with zero attached hydrogens (tertiary/aromatic N) is 5. The molecular weight excluding hydrogens is 368 g/mol. The van der Waals surface area contributed by atoms with Gasteiger partial charge in [0.2, 0.25) is 0 Å². The average Bonchev–Trinajstić information content (AvgIpc) is 3.06. The molecule has 11 heteroatoms. The van der Waals surface area contributed by atoms with E-state index in [0.717, 1.165) is 0 Å². The van der Waals surface area contributed by atoms with Crippen molar-refractivity contribution in [2.45, 2.75) is 38.1 Å². The molecule has 3 heterocycles. The van der Waals surface area contributed by atoms with Crippen molar-refractivity contribution >= 4 is 5.97 Å². The molecule has 1 fully saturated rings. The number of aryl methyl sites for hydroxylation is 1. The maximum atomic E-state index is 12.3. The summed E-state index contributed by atoms with van der Waals surface area (Å²) in [5.74, 6) is -0.518. The number of aromatic amines is 1. The van der Waals surface area contributed by atoms with Crippen LogP contribution in [0, 0.1) is 6.92 Å². The summed E-state index contributed by atoms with van der Waals surface area (Å²) in [6.45, 7) is 1.43. The van der Waals surface area contributed by atoms with Crippen molar-refractivity contribution in [2.75, 3.05) is 13.7 Å². The molecule has 3 rings (SSSR count). The van der Waals surface area contributed by atoms with Gasteiger partial charge in [-0.15, -0.1) is 0 Å². The molecule has 3 atom stereocenters. The second-order valence-electron chi connectivity index (χ2n) is 6.54. The van der Waals surface area contributed by atoms with E-state index in [1.54, 1.807) is 31.1 Å². The molecule has 0 saturated carbocycles. The predicted molar refractivity (Wildman–Crippen MR) is 98.1 cm³/mol. The Hall–Kier alpha value is -3.30. The second-order valence-corrected chi connectivity index (χ2v) is 6.54. The number of esters is 1. The van der Waals surface area contributed by atoms with Crippen molar-refractivity contribution in [3.63, 3.8) is 0 Å². The lowest BCUT2D eigenvalue weighted by Gasteiger charge is -2.21. The van der Waals surface area contributed by atoms with Crippen LogP contribution in [0.15, 0.2) is 44.9 Å². The SMILES string of the molecule is Cc1cn([C@H]2C[C@H](N=[N+]=[N-])[C@@H](COC(=O)C3=CCC=CN3C)O2)c(=O)[nH]c1=O. The van der Waals surface area contributed by atoms with Crippen molar-refractivity contribution < 1.29 is 14.3 Å². The fourth-order valence-corrected chi connectivity index (χ4v) is 3.11. The fourth-order valence-electron chi connectivity index (χ4n) is 3.11. The minimum absolute atomic E-state index is 0.134. The molecule has 28 heavy (non-hydrogen) atoms. The Morgan fingerprint density at radius 1 is 1.50 bits per heavy atom. The quantitative estimate of drug-likeness (QED) is 0.346. The third kappa shape index (κ3) is 4.00. The molecule has 11 nitrogen and oxygen atoms in total. The van der Waals surface area contributed by atoms with Crippen LogP contribution in [0.3, 0.4) is 0 Å². The van der Waals surface area contributed by atoms with Gasteiger partial charge < -0.3 is 14.4 Å². The number of likely N-dealkylation sites (N-methyl/N-ethyl adjacent to an activating group) is 1. The maximum absolute atomic E-state index is 12.3. The van der Waals surface area contributed by atoms with E-state index in [1.807, 2.05) is 6.08 Å². The summed E-state index contributed by atoms with van der Waals surface area (Å²) in [5.41, 5.74) is 8.46. The highest BCUT2D eigenvalue weighted by Crippen LogP contribution is 2.30. The van der Waals surface area contributed by atoms with Crippen molar-refractivity contribution in [1.29, 1.82) is 0 Å². The summed E-state index contributed by atoms with van der Waals surface area (Å²) < 4.78 is 12.4. The van der Waals surface area contributed by atoms with E-state index in [0.29, 0.717) is 17.7 Å². The number of azide groups is 1. The van der Waals surface area contributed by atoms with Gasteiger partial charge in [-0.05, 0) is 25.0 Å². The van der Waals surface area contributed by atoms with Crippen LogP contribution in [0.1, 0.15) is 24.6 Å². The number of rotatable bonds is 5. The van der Waals surface area contributed by atoms with Gasteiger partial charge in [-0.3, -0.25) is 14.3 Å². The summed E-state index contributed by atoms with van der Waals surface area (Å²) in [6.07, 6.45) is 6.19. The van der Waals surface area contributed by atoms with Crippen LogP contribution in [-0.4, -0.2) is 46.2 Å². The molecule has 2 aliphatic rings. The van der Waals surface area contributed by atoms with Crippen molar-refractivity contribution in [3.05, 3.63) is 67.1 Å². The van der Waals surface area contributed by atoms with Gasteiger partial charge in [-0.1, -0.05) is 11.2 Å². The first-order chi connectivity index (χ1) is 13.4. The predicted octanol–water partition coefficient (Wildman–Crippen LogP) is 1.09. The lowest BCUT2D eigenvalue weighted by atomic mass is 10.1. The first-order valence-corrected chi connectivity index (χ1v) is 8.69. The molecule has 1 N–H and O–H groups in total. The molecule has 0 aliphatic carbocycles. The zero-order valence-corrected chi connectivity index (χ0v) is 15.4. The summed E-state index contributed by atoms with van der Waals surface area (Å²) in [6, 6.07) is -0.625. The van der Waals surface area contributed by atoms with Gasteiger partial charge in [-0.2, -0.15) is 0 Å². The van der Waals surface area contributed by atoms with Gasteiger partial charge in [0.25, 0.3) is 5.56 Å². The van der Waals surface area contributed by atoms with Crippen LogP contribution < -0.4 is 11.2 Å². The van der Waals surface area contributed by atoms with Crippen LogP contribution in [0.5, 0.6) is 0 Å². The molecule has 1 aromatic heterocycles. The second kappa shape index (κ2) is 8.15. The van der Waals surface area contributed by atoms with Gasteiger partial charge >= 0.3 is 11.7 Å². The van der Waals surface area contributed by atoms with E-state index in [4.69, 9.17) is 15.0 Å². The summed E-state index contributed by atoms with van der Waals surface area (Å²) >= 11 is 0. The number of H-pyrrole nitrogens is 1. The molecular formula is C17H20N6O5. The van der Waals surface area contributed by atoms with Crippen molar-refractivity contribution in [3.8, 4) is 0 Å². The number of hydrogen-bond donors (Lipinski definition) is 1. The minimum Gasteiger partial charge on any atom is -0.458 e. The largest absolute Gasteiger partial charge is 0.458 e. The molecule has 148 valence electrons. The van der Waals surface area contributed by atoms with Crippen LogP contribution in [-0.2, 0) is 14.3 Å². The lowest BCUT2D eigenvalue weighted by Crippen LogP contribution is -2.33. The molecule has 0 unspecified atom stereocenters. The maximum Gasteiger partial charge on any atom is 0.354 e. The number of hydrogen-bond acceptors (Lipinski definition) is 7. The number of carbonyl (C=O) groups is 1. The van der Waals surface area contributed by atoms with E-state index >= 15 is 0 Å². The average molecular weight is 388 g/mol. The van der Waals surface area contributed by atoms with Gasteiger partial charge in [0, 0.05) is 36.3 Å². The Morgan fingerprint density at radius 3 is 3.00 bits per heavy atom. The Balaban J connectivity index is 1.72. The topological polar surface area (TPSA) is 142 Å². The minimum atomic E-state index is -0.748. The first kappa shape index (κ1) is 19.5. The molecule has 1 aromatic rings. The summed E-state index contributed by atoms with van der Waals surface area (Å²) in [7, 11) is 1.73. The third-order valence-corrected chi connectivity index (χ3v) is 4.60. The monoisotopic (exact) mass is 388 g/mol. The standard InChI is InChI=1S/C17H20N6O5/c1-10-8-23(17(26)19-15(10)24)14-7-11(20-21-18)13(28-14)9-27-16(25)12-5-3-4-6-22(12)2/h4-6,8,11,13-14H,3,7,9H2,1-2H3,(H,19,24,26)/t11-,13+,14+/m0/s1. The van der Waals surface area contributed by atoms with Crippen LogP contribution in [0.25, 0.3) is 10.4 Å². The molecule has 1 saturated heterocycles. The Labute approximate surface area is 159 Å². The smallest absolute Gasteiger partial charge is 0.354 e. The molecule has 2 aliphatic heterocycles. The van der Waals surface area contributed by atoms with Crippen molar-refractivity contribution in [2.24, 2.45) is 5.11 Å². The number of aromatic nitrogens is 2. The highest BCUT2D eigenvalue weighted by molar-refractivity contribution is 5.88. The molecule has 0 spiro atoms. The van der Waals surface area contributed by atoms with E-state index in [2.05, 4.69) is 15.0 Å². The normalized spacial score (nSPS) is 23.9. The number of allylic oxidation sites excluding steroid dienone is 2. The van der Waals surface area contributed by atoms with Gasteiger partial charge in [0.15, 0.2) is 0 Å². The van der Waals surface area contributed by atoms with Gasteiger partial charge in [0.05, 0.1) is 6.04 Å². The Kier molecular flexibility index (Phi) is 5.67. The molecule has 0 radical (unpaired) electrons. The zero-order chi connectivity index (χ0) is 20.3. The summed E-state index contributed by atoms with van der Waals surface area (Å²) in [4.78, 5) is 42.6. The highest BCUT2D eigenvalue weighted by atomic mass is 16.6. The van der Waals surface area contributed by atoms with Crippen LogP contribution in [0.2, 0.25) is 0 Å². The number of ether oxygens (including phenoxy) is 2. The van der Waals surface area contributed by atoms with Crippen LogP contribution >= 0.6 is 0 Å². The third-order valence-electron chi connectivity index (χ3n) is 4.60. The van der Waals surface area contributed by atoms with E-state index in [9.17, 15) is 14.4 Å². The number of carbonyl (C=O) groups excluding carboxylic acids is 1. The summed E-state index contributed by atoms with van der Waals surface area (Å²) in [5, 5.41) is 3.70. The van der Waals surface area contributed by atoms with Crippen LogP contribution in [0.4, 0.5) is 0 Å². The first-order valence-electron chi connectivity index (χ1n) is 8.69. The Morgan fingerprint density at radius 2 is 2.29 bits per heavy atom. The molecule has 0 bridgehead atoms. The highest BCUT2D eigenvalue weighted by Gasteiger charge is 2.37. The van der Waals surface area contributed by atoms with Gasteiger partial charge in [-0.25, -0.2) is 9.59 Å². The Bertz CT molecular complexity index is 986. The fraction of sp³-hybridized carbons (Fsp3) is 0.471. The van der Waals surface area contributed by atoms with E-state index < -0.39 is 35.6 Å². The van der Waals surface area contributed by atoms with E-state index in [1.165, 1.54) is 10.8 Å². The van der Waals surface area contributed by atoms with Crippen molar-refractivity contribution in [1.82, 2.24) is 14.5 Å². The number of nitrogens with one attached hydrogen (secondary N) is 1. The molecule has 0 amide bonds. The molecule has 0 aromatic carbocycles. The lowest BCUT2D eigenvalue weighted by molar-refractivity contribution is -0.145. The van der Waals surface area contributed by atoms with Gasteiger partial charge in [0.1, 0.15) is 24.6 Å². The zero-order valence-electron chi connectivity index (χ0n) is 15.4.